The van der Waals surface area contributed by atoms with Crippen LogP contribution in [0.25, 0.3) is 0 Å². The molecule has 0 aromatic heterocycles. The summed E-state index contributed by atoms with van der Waals surface area (Å²) in [6.45, 7) is -0.104. The molecule has 0 saturated heterocycles. The molecule has 0 aliphatic rings. The Balaban J connectivity index is 2.93. The molecule has 0 heterocycles. The third kappa shape index (κ3) is 3.44. The average molecular weight is 266 g/mol. The van der Waals surface area contributed by atoms with Crippen molar-refractivity contribution in [1.82, 2.24) is 0 Å². The minimum absolute atomic E-state index is 0.0607. The van der Waals surface area contributed by atoms with E-state index in [4.69, 9.17) is 38.2 Å². The molecule has 0 unspecified atom stereocenters. The number of ether oxygens (including phenoxy) is 1. The predicted molar refractivity (Wildman–Crippen MR) is 60.7 cm³/mol. The van der Waals surface area contributed by atoms with Crippen LogP contribution in [-0.4, -0.2) is 29.5 Å². The van der Waals surface area contributed by atoms with E-state index >= 15 is 0 Å². The molecule has 0 radical (unpaired) electrons. The Hall–Kier alpha value is -1.17. The standard InChI is InChI=1S/C9H9Cl2NO4/c10-6-3-5(12-9(14)15)4-7(11)8(6)16-2-1-13/h3-4,12-13H,1-2H2,(H,14,15). The number of aliphatic hydroxyl groups excluding tert-OH is 1. The highest BCUT2D eigenvalue weighted by molar-refractivity contribution is 6.37. The highest BCUT2D eigenvalue weighted by Gasteiger charge is 2.10. The Kier molecular flexibility index (Phi) is 4.67. The Morgan fingerprint density at radius 2 is 1.94 bits per heavy atom. The van der Waals surface area contributed by atoms with Crippen molar-refractivity contribution in [3.63, 3.8) is 0 Å². The third-order valence-corrected chi connectivity index (χ3v) is 2.15. The highest BCUT2D eigenvalue weighted by Crippen LogP contribution is 2.35. The van der Waals surface area contributed by atoms with E-state index in [0.717, 1.165) is 0 Å². The maximum absolute atomic E-state index is 10.4. The number of anilines is 1. The molecule has 1 aromatic rings. The first-order valence-corrected chi connectivity index (χ1v) is 5.03. The van der Waals surface area contributed by atoms with Crippen LogP contribution in [0, 0.1) is 0 Å². The third-order valence-electron chi connectivity index (χ3n) is 1.59. The summed E-state index contributed by atoms with van der Waals surface area (Å²) in [4.78, 5) is 10.4. The van der Waals surface area contributed by atoms with Crippen LogP contribution >= 0.6 is 23.2 Å². The SMILES string of the molecule is O=C(O)Nc1cc(Cl)c(OCCO)c(Cl)c1. The van der Waals surface area contributed by atoms with Crippen LogP contribution in [0.5, 0.6) is 5.75 Å². The van der Waals surface area contributed by atoms with Gasteiger partial charge in [0.15, 0.2) is 5.75 Å². The molecule has 88 valence electrons. The number of halogens is 2. The molecular formula is C9H9Cl2NO4. The molecule has 0 aliphatic heterocycles. The molecule has 16 heavy (non-hydrogen) atoms. The van der Waals surface area contributed by atoms with Crippen molar-refractivity contribution in [2.24, 2.45) is 0 Å². The van der Waals surface area contributed by atoms with E-state index in [-0.39, 0.29) is 34.7 Å². The van der Waals surface area contributed by atoms with E-state index in [0.29, 0.717) is 0 Å². The molecule has 1 aromatic carbocycles. The summed E-state index contributed by atoms with van der Waals surface area (Å²) in [7, 11) is 0. The highest BCUT2D eigenvalue weighted by atomic mass is 35.5. The van der Waals surface area contributed by atoms with Crippen LogP contribution in [0.2, 0.25) is 10.0 Å². The molecule has 5 nitrogen and oxygen atoms in total. The van der Waals surface area contributed by atoms with E-state index in [1.54, 1.807) is 0 Å². The maximum atomic E-state index is 10.4. The van der Waals surface area contributed by atoms with Gasteiger partial charge < -0.3 is 14.9 Å². The van der Waals surface area contributed by atoms with Gasteiger partial charge in [-0.3, -0.25) is 5.32 Å². The van der Waals surface area contributed by atoms with Gasteiger partial charge in [-0.2, -0.15) is 0 Å². The van der Waals surface area contributed by atoms with Gasteiger partial charge in [0.2, 0.25) is 0 Å². The first-order chi connectivity index (χ1) is 7.54. The lowest BCUT2D eigenvalue weighted by Gasteiger charge is -2.10. The van der Waals surface area contributed by atoms with E-state index < -0.39 is 6.09 Å². The molecule has 7 heteroatoms. The molecule has 0 atom stereocenters. The van der Waals surface area contributed by atoms with Gasteiger partial charge in [-0.1, -0.05) is 23.2 Å². The zero-order valence-electron chi connectivity index (χ0n) is 8.04. The molecule has 0 aliphatic carbocycles. The van der Waals surface area contributed by atoms with Gasteiger partial charge in [-0.25, -0.2) is 4.79 Å². The quantitative estimate of drug-likeness (QED) is 0.782. The summed E-state index contributed by atoms with van der Waals surface area (Å²) in [6.07, 6.45) is -1.21. The van der Waals surface area contributed by atoms with Crippen molar-refractivity contribution in [3.8, 4) is 5.75 Å². The number of benzene rings is 1. The number of amides is 1. The van der Waals surface area contributed by atoms with Crippen LogP contribution in [0.15, 0.2) is 12.1 Å². The molecular weight excluding hydrogens is 257 g/mol. The van der Waals surface area contributed by atoms with Crippen LogP contribution in [0.4, 0.5) is 10.5 Å². The summed E-state index contributed by atoms with van der Waals surface area (Å²) < 4.78 is 5.09. The Bertz CT molecular complexity index is 374. The molecule has 0 fully saturated rings. The van der Waals surface area contributed by atoms with E-state index in [9.17, 15) is 4.79 Å². The maximum Gasteiger partial charge on any atom is 0.409 e. The van der Waals surface area contributed by atoms with E-state index in [1.807, 2.05) is 0 Å². The lowest BCUT2D eigenvalue weighted by atomic mass is 10.3. The molecule has 1 amide bonds. The normalized spacial score (nSPS) is 9.94. The minimum Gasteiger partial charge on any atom is -0.488 e. The number of hydrogen-bond acceptors (Lipinski definition) is 3. The Labute approximate surface area is 102 Å². The first-order valence-electron chi connectivity index (χ1n) is 4.27. The van der Waals surface area contributed by atoms with Crippen molar-refractivity contribution in [3.05, 3.63) is 22.2 Å². The summed E-state index contributed by atoms with van der Waals surface area (Å²) in [5, 5.41) is 19.5. The lowest BCUT2D eigenvalue weighted by Crippen LogP contribution is -2.08. The number of hydrogen-bond donors (Lipinski definition) is 3. The second kappa shape index (κ2) is 5.79. The number of nitrogens with one attached hydrogen (secondary N) is 1. The summed E-state index contributed by atoms with van der Waals surface area (Å²) in [6, 6.07) is 2.74. The van der Waals surface area contributed by atoms with Gasteiger partial charge >= 0.3 is 6.09 Å². The van der Waals surface area contributed by atoms with Crippen molar-refractivity contribution < 1.29 is 19.7 Å². The van der Waals surface area contributed by atoms with Gasteiger partial charge in [0, 0.05) is 5.69 Å². The van der Waals surface area contributed by atoms with Crippen molar-refractivity contribution in [2.45, 2.75) is 0 Å². The predicted octanol–water partition coefficient (Wildman–Crippen LogP) is 2.45. The van der Waals surface area contributed by atoms with Gasteiger partial charge in [-0.05, 0) is 12.1 Å². The van der Waals surface area contributed by atoms with Crippen molar-refractivity contribution >= 4 is 35.0 Å². The van der Waals surface area contributed by atoms with Gasteiger partial charge in [-0.15, -0.1) is 0 Å². The summed E-state index contributed by atoms with van der Waals surface area (Å²) in [5.74, 6) is 0.216. The molecule has 0 saturated carbocycles. The molecule has 3 N–H and O–H groups in total. The zero-order chi connectivity index (χ0) is 12.1. The Morgan fingerprint density at radius 1 is 1.38 bits per heavy atom. The van der Waals surface area contributed by atoms with E-state index in [1.165, 1.54) is 12.1 Å². The molecule has 1 rings (SSSR count). The average Bonchev–Trinajstić information content (AvgIpc) is 2.15. The topological polar surface area (TPSA) is 78.8 Å². The van der Waals surface area contributed by atoms with Gasteiger partial charge in [0.05, 0.1) is 16.7 Å². The fourth-order valence-corrected chi connectivity index (χ4v) is 1.64. The Morgan fingerprint density at radius 3 is 2.38 bits per heavy atom. The zero-order valence-corrected chi connectivity index (χ0v) is 9.55. The fourth-order valence-electron chi connectivity index (χ4n) is 1.04. The smallest absolute Gasteiger partial charge is 0.409 e. The molecule has 0 bridgehead atoms. The number of carbonyl (C=O) groups is 1. The molecule has 0 spiro atoms. The summed E-state index contributed by atoms with van der Waals surface area (Å²) in [5.41, 5.74) is 0.249. The van der Waals surface area contributed by atoms with Crippen molar-refractivity contribution in [1.29, 1.82) is 0 Å². The van der Waals surface area contributed by atoms with Crippen LogP contribution < -0.4 is 10.1 Å². The number of aliphatic hydroxyl groups is 1. The minimum atomic E-state index is -1.21. The van der Waals surface area contributed by atoms with E-state index in [2.05, 4.69) is 5.32 Å². The number of carboxylic acid groups (broad SMARTS) is 1. The lowest BCUT2D eigenvalue weighted by molar-refractivity contribution is 0.201. The second-order valence-electron chi connectivity index (χ2n) is 2.77. The van der Waals surface area contributed by atoms with Crippen LogP contribution in [0.1, 0.15) is 0 Å². The number of rotatable bonds is 4. The van der Waals surface area contributed by atoms with Crippen molar-refractivity contribution in [2.75, 3.05) is 18.5 Å². The summed E-state index contributed by atoms with van der Waals surface area (Å²) >= 11 is 11.7. The van der Waals surface area contributed by atoms with Crippen LogP contribution in [-0.2, 0) is 0 Å². The largest absolute Gasteiger partial charge is 0.488 e. The van der Waals surface area contributed by atoms with Gasteiger partial charge in [0.1, 0.15) is 6.61 Å². The van der Waals surface area contributed by atoms with Gasteiger partial charge in [0.25, 0.3) is 0 Å². The fraction of sp³-hybridized carbons (Fsp3) is 0.222. The first kappa shape index (κ1) is 12.9. The second-order valence-corrected chi connectivity index (χ2v) is 3.59. The monoisotopic (exact) mass is 265 g/mol. The van der Waals surface area contributed by atoms with Crippen LogP contribution in [0.3, 0.4) is 0 Å².